The van der Waals surface area contributed by atoms with E-state index in [9.17, 15) is 19.7 Å². The van der Waals surface area contributed by atoms with Crippen molar-refractivity contribution in [2.75, 3.05) is 6.54 Å². The van der Waals surface area contributed by atoms with Crippen molar-refractivity contribution in [1.82, 2.24) is 10.6 Å². The summed E-state index contributed by atoms with van der Waals surface area (Å²) < 4.78 is 0. The van der Waals surface area contributed by atoms with E-state index in [1.165, 1.54) is 12.1 Å². The van der Waals surface area contributed by atoms with Crippen LogP contribution in [0.25, 0.3) is 0 Å². The van der Waals surface area contributed by atoms with Crippen molar-refractivity contribution in [2.45, 2.75) is 12.5 Å². The highest BCUT2D eigenvalue weighted by molar-refractivity contribution is 6.32. The highest BCUT2D eigenvalue weighted by Gasteiger charge is 2.24. The van der Waals surface area contributed by atoms with Crippen LogP contribution in [0.4, 0.5) is 5.69 Å². The first-order valence-electron chi connectivity index (χ1n) is 5.49. The Morgan fingerprint density at radius 2 is 2.26 bits per heavy atom. The van der Waals surface area contributed by atoms with E-state index in [1.807, 2.05) is 0 Å². The van der Waals surface area contributed by atoms with Gasteiger partial charge in [0, 0.05) is 24.6 Å². The Labute approximate surface area is 113 Å². The van der Waals surface area contributed by atoms with Crippen molar-refractivity contribution in [2.24, 2.45) is 0 Å². The van der Waals surface area contributed by atoms with Gasteiger partial charge in [-0.2, -0.15) is 0 Å². The maximum atomic E-state index is 11.9. The average molecular weight is 284 g/mol. The normalized spacial score (nSPS) is 17.9. The molecule has 1 heterocycles. The van der Waals surface area contributed by atoms with E-state index in [-0.39, 0.29) is 34.6 Å². The van der Waals surface area contributed by atoms with E-state index in [4.69, 9.17) is 11.6 Å². The van der Waals surface area contributed by atoms with Gasteiger partial charge in [0.2, 0.25) is 5.91 Å². The van der Waals surface area contributed by atoms with Crippen molar-refractivity contribution in [3.05, 3.63) is 38.9 Å². The number of hydrogen-bond acceptors (Lipinski definition) is 4. The Morgan fingerprint density at radius 3 is 2.84 bits per heavy atom. The largest absolute Gasteiger partial charge is 0.354 e. The van der Waals surface area contributed by atoms with Crippen molar-refractivity contribution >= 4 is 29.1 Å². The number of benzene rings is 1. The molecule has 19 heavy (non-hydrogen) atoms. The van der Waals surface area contributed by atoms with Gasteiger partial charge in [-0.25, -0.2) is 0 Å². The Kier molecular flexibility index (Phi) is 3.66. The Balaban J connectivity index is 2.13. The number of carbonyl (C=O) groups is 2. The van der Waals surface area contributed by atoms with Crippen molar-refractivity contribution in [3.63, 3.8) is 0 Å². The molecule has 2 rings (SSSR count). The third-order valence-electron chi connectivity index (χ3n) is 2.72. The van der Waals surface area contributed by atoms with Crippen LogP contribution in [0.2, 0.25) is 5.02 Å². The highest BCUT2D eigenvalue weighted by atomic mass is 35.5. The number of nitro groups is 1. The van der Waals surface area contributed by atoms with Crippen LogP contribution in [0.3, 0.4) is 0 Å². The number of amides is 2. The molecule has 1 aromatic rings. The third kappa shape index (κ3) is 3.00. The Bertz CT molecular complexity index is 561. The SMILES string of the molecule is O=C1CC(NC(=O)c2ccc(Cl)c([N+](=O)[O-])c2)CN1. The minimum atomic E-state index is -0.653. The molecule has 2 amide bonds. The minimum absolute atomic E-state index is 0.0285. The quantitative estimate of drug-likeness (QED) is 0.634. The van der Waals surface area contributed by atoms with Crippen LogP contribution < -0.4 is 10.6 Å². The number of nitrogens with zero attached hydrogens (tertiary/aromatic N) is 1. The first-order chi connectivity index (χ1) is 8.97. The molecule has 1 unspecified atom stereocenters. The lowest BCUT2D eigenvalue weighted by molar-refractivity contribution is -0.384. The smallest absolute Gasteiger partial charge is 0.288 e. The summed E-state index contributed by atoms with van der Waals surface area (Å²) in [6.07, 6.45) is 0.210. The summed E-state index contributed by atoms with van der Waals surface area (Å²) in [5, 5.41) is 15.9. The van der Waals surface area contributed by atoms with E-state index in [1.54, 1.807) is 0 Å². The molecule has 0 radical (unpaired) electrons. The molecular formula is C11H10ClN3O4. The molecule has 8 heteroatoms. The summed E-state index contributed by atoms with van der Waals surface area (Å²) in [6.45, 7) is 0.361. The first-order valence-corrected chi connectivity index (χ1v) is 5.86. The fourth-order valence-corrected chi connectivity index (χ4v) is 1.96. The van der Waals surface area contributed by atoms with Crippen LogP contribution in [-0.2, 0) is 4.79 Å². The second kappa shape index (κ2) is 5.23. The molecule has 1 fully saturated rings. The average Bonchev–Trinajstić information content (AvgIpc) is 2.74. The molecule has 0 aliphatic carbocycles. The van der Waals surface area contributed by atoms with Crippen LogP contribution in [0.15, 0.2) is 18.2 Å². The summed E-state index contributed by atoms with van der Waals surface area (Å²) >= 11 is 5.66. The van der Waals surface area contributed by atoms with Gasteiger partial charge in [0.05, 0.1) is 11.0 Å². The van der Waals surface area contributed by atoms with Crippen LogP contribution in [-0.4, -0.2) is 29.3 Å². The number of carbonyl (C=O) groups excluding carboxylic acids is 2. The summed E-state index contributed by atoms with van der Waals surface area (Å²) in [4.78, 5) is 32.9. The molecule has 1 saturated heterocycles. The zero-order valence-corrected chi connectivity index (χ0v) is 10.4. The summed E-state index contributed by atoms with van der Waals surface area (Å²) in [6, 6.07) is 3.51. The molecule has 2 N–H and O–H groups in total. The van der Waals surface area contributed by atoms with Gasteiger partial charge >= 0.3 is 0 Å². The molecule has 0 spiro atoms. The lowest BCUT2D eigenvalue weighted by Gasteiger charge is -2.10. The number of rotatable bonds is 3. The molecule has 1 atom stereocenters. The van der Waals surface area contributed by atoms with Crippen LogP contribution in [0.5, 0.6) is 0 Å². The van der Waals surface area contributed by atoms with Gasteiger partial charge in [0.15, 0.2) is 0 Å². The maximum Gasteiger partial charge on any atom is 0.288 e. The molecule has 7 nitrogen and oxygen atoms in total. The molecule has 0 bridgehead atoms. The first kappa shape index (κ1) is 13.3. The van der Waals surface area contributed by atoms with Gasteiger partial charge < -0.3 is 10.6 Å². The lowest BCUT2D eigenvalue weighted by atomic mass is 10.1. The second-order valence-corrected chi connectivity index (χ2v) is 4.51. The van der Waals surface area contributed by atoms with Crippen LogP contribution in [0.1, 0.15) is 16.8 Å². The fraction of sp³-hybridized carbons (Fsp3) is 0.273. The van der Waals surface area contributed by atoms with Gasteiger partial charge in [-0.15, -0.1) is 0 Å². The number of nitro benzene ring substituents is 1. The molecule has 1 aromatic carbocycles. The molecule has 1 aliphatic rings. The number of halogens is 1. The zero-order valence-electron chi connectivity index (χ0n) is 9.68. The predicted molar refractivity (Wildman–Crippen MR) is 67.0 cm³/mol. The zero-order chi connectivity index (χ0) is 14.0. The van der Waals surface area contributed by atoms with Crippen molar-refractivity contribution < 1.29 is 14.5 Å². The van der Waals surface area contributed by atoms with Crippen LogP contribution in [0, 0.1) is 10.1 Å². The lowest BCUT2D eigenvalue weighted by Crippen LogP contribution is -2.36. The van der Waals surface area contributed by atoms with Gasteiger partial charge in [-0.05, 0) is 12.1 Å². The maximum absolute atomic E-state index is 11.9. The van der Waals surface area contributed by atoms with Crippen molar-refractivity contribution in [3.8, 4) is 0 Å². The summed E-state index contributed by atoms with van der Waals surface area (Å²) in [5.41, 5.74) is -0.189. The highest BCUT2D eigenvalue weighted by Crippen LogP contribution is 2.25. The summed E-state index contributed by atoms with van der Waals surface area (Å²) in [7, 11) is 0. The second-order valence-electron chi connectivity index (χ2n) is 4.10. The predicted octanol–water partition coefficient (Wildman–Crippen LogP) is 0.866. The van der Waals surface area contributed by atoms with E-state index in [0.29, 0.717) is 6.54 Å². The van der Waals surface area contributed by atoms with Gasteiger partial charge in [0.1, 0.15) is 5.02 Å². The van der Waals surface area contributed by atoms with E-state index >= 15 is 0 Å². The minimum Gasteiger partial charge on any atom is -0.354 e. The molecule has 0 saturated carbocycles. The summed E-state index contributed by atoms with van der Waals surface area (Å²) in [5.74, 6) is -0.603. The molecule has 1 aliphatic heterocycles. The fourth-order valence-electron chi connectivity index (χ4n) is 1.77. The Hall–Kier alpha value is -2.15. The van der Waals surface area contributed by atoms with Crippen molar-refractivity contribution in [1.29, 1.82) is 0 Å². The van der Waals surface area contributed by atoms with E-state index in [0.717, 1.165) is 6.07 Å². The van der Waals surface area contributed by atoms with Gasteiger partial charge in [0.25, 0.3) is 11.6 Å². The van der Waals surface area contributed by atoms with E-state index in [2.05, 4.69) is 10.6 Å². The number of hydrogen-bond donors (Lipinski definition) is 2. The van der Waals surface area contributed by atoms with Gasteiger partial charge in [-0.1, -0.05) is 11.6 Å². The molecule has 0 aromatic heterocycles. The molecule has 100 valence electrons. The third-order valence-corrected chi connectivity index (χ3v) is 3.04. The monoisotopic (exact) mass is 283 g/mol. The topological polar surface area (TPSA) is 101 Å². The number of nitrogens with one attached hydrogen (secondary N) is 2. The Morgan fingerprint density at radius 1 is 1.53 bits per heavy atom. The van der Waals surface area contributed by atoms with E-state index < -0.39 is 10.8 Å². The van der Waals surface area contributed by atoms with Crippen LogP contribution >= 0.6 is 11.6 Å². The van der Waals surface area contributed by atoms with Gasteiger partial charge in [-0.3, -0.25) is 19.7 Å². The standard InChI is InChI=1S/C11H10ClN3O4/c12-8-2-1-6(3-9(8)15(18)19)11(17)14-7-4-10(16)13-5-7/h1-3,7H,4-5H2,(H,13,16)(H,14,17). The molecular weight excluding hydrogens is 274 g/mol.